The smallest absolute Gasteiger partial charge is 0.220 e. The molecule has 1 aliphatic carbocycles. The highest BCUT2D eigenvalue weighted by atomic mass is 16.1. The molecule has 1 unspecified atom stereocenters. The molecule has 0 spiro atoms. The highest BCUT2D eigenvalue weighted by Gasteiger charge is 2.28. The molecule has 0 radical (unpaired) electrons. The molecule has 3 atom stereocenters. The summed E-state index contributed by atoms with van der Waals surface area (Å²) in [6.07, 6.45) is 9.99. The van der Waals surface area contributed by atoms with Gasteiger partial charge in [-0.3, -0.25) is 9.48 Å². The lowest BCUT2D eigenvalue weighted by molar-refractivity contribution is -0.122. The Balaban J connectivity index is 1.50. The van der Waals surface area contributed by atoms with Gasteiger partial charge in [-0.2, -0.15) is 5.10 Å². The number of anilines is 1. The third-order valence-electron chi connectivity index (χ3n) is 5.01. The molecule has 6 heteroatoms. The molecule has 0 bridgehead atoms. The summed E-state index contributed by atoms with van der Waals surface area (Å²) in [7, 11) is 1.93. The van der Waals surface area contributed by atoms with E-state index in [2.05, 4.69) is 15.3 Å². The number of amides is 1. The Hall–Kier alpha value is -1.56. The standard InChI is InChI=1S/C16H27N5O/c1-20-11-14(9-18-20)21-7-3-5-13(10-21)19-16(22)8-12-4-2-6-15(12)17/h9,11-13,15H,2-8,10,17H2,1H3,(H,19,22)/t12-,13?,15+/m0/s1. The summed E-state index contributed by atoms with van der Waals surface area (Å²) in [6.45, 7) is 1.90. The zero-order chi connectivity index (χ0) is 15.5. The molecule has 0 aromatic carbocycles. The summed E-state index contributed by atoms with van der Waals surface area (Å²) in [5, 5.41) is 7.44. The Morgan fingerprint density at radius 1 is 1.41 bits per heavy atom. The highest BCUT2D eigenvalue weighted by Crippen LogP contribution is 2.27. The zero-order valence-corrected chi connectivity index (χ0v) is 13.4. The number of hydrogen-bond acceptors (Lipinski definition) is 4. The van der Waals surface area contributed by atoms with Crippen molar-refractivity contribution in [2.45, 2.75) is 50.6 Å². The van der Waals surface area contributed by atoms with E-state index in [0.29, 0.717) is 12.3 Å². The summed E-state index contributed by atoms with van der Waals surface area (Å²) in [6, 6.07) is 0.447. The molecule has 3 N–H and O–H groups in total. The number of nitrogens with one attached hydrogen (secondary N) is 1. The lowest BCUT2D eigenvalue weighted by atomic mass is 9.99. The molecule has 122 valence electrons. The Kier molecular flexibility index (Phi) is 4.66. The van der Waals surface area contributed by atoms with E-state index in [0.717, 1.165) is 50.9 Å². The van der Waals surface area contributed by atoms with Gasteiger partial charge >= 0.3 is 0 Å². The predicted molar refractivity (Wildman–Crippen MR) is 86.5 cm³/mol. The van der Waals surface area contributed by atoms with Gasteiger partial charge in [0, 0.05) is 44.8 Å². The van der Waals surface area contributed by atoms with Crippen molar-refractivity contribution in [1.29, 1.82) is 0 Å². The molecule has 1 aromatic heterocycles. The van der Waals surface area contributed by atoms with Gasteiger partial charge in [-0.1, -0.05) is 6.42 Å². The van der Waals surface area contributed by atoms with Crippen LogP contribution in [0, 0.1) is 5.92 Å². The first-order valence-corrected chi connectivity index (χ1v) is 8.40. The van der Waals surface area contributed by atoms with Crippen LogP contribution < -0.4 is 16.0 Å². The minimum Gasteiger partial charge on any atom is -0.367 e. The maximum atomic E-state index is 12.3. The average molecular weight is 305 g/mol. The number of aromatic nitrogens is 2. The van der Waals surface area contributed by atoms with Gasteiger partial charge in [0.15, 0.2) is 0 Å². The van der Waals surface area contributed by atoms with Gasteiger partial charge in [0.2, 0.25) is 5.91 Å². The monoisotopic (exact) mass is 305 g/mol. The van der Waals surface area contributed by atoms with Crippen molar-refractivity contribution in [3.8, 4) is 0 Å². The fourth-order valence-corrected chi connectivity index (χ4v) is 3.74. The number of hydrogen-bond donors (Lipinski definition) is 2. The summed E-state index contributed by atoms with van der Waals surface area (Å²) < 4.78 is 1.82. The van der Waals surface area contributed by atoms with Gasteiger partial charge in [-0.25, -0.2) is 0 Å². The number of carbonyl (C=O) groups is 1. The molecular formula is C16H27N5O. The normalized spacial score (nSPS) is 28.8. The van der Waals surface area contributed by atoms with E-state index in [1.54, 1.807) is 0 Å². The molecule has 1 aromatic rings. The molecule has 1 amide bonds. The van der Waals surface area contributed by atoms with Crippen molar-refractivity contribution in [2.75, 3.05) is 18.0 Å². The Labute approximate surface area is 132 Å². The van der Waals surface area contributed by atoms with Crippen LogP contribution in [0.1, 0.15) is 38.5 Å². The van der Waals surface area contributed by atoms with Crippen molar-refractivity contribution < 1.29 is 4.79 Å². The maximum absolute atomic E-state index is 12.3. The second-order valence-corrected chi connectivity index (χ2v) is 6.78. The molecule has 1 aliphatic heterocycles. The average Bonchev–Trinajstić information content (AvgIpc) is 3.09. The Morgan fingerprint density at radius 2 is 2.27 bits per heavy atom. The Morgan fingerprint density at radius 3 is 2.95 bits per heavy atom. The fourth-order valence-electron chi connectivity index (χ4n) is 3.74. The predicted octanol–water partition coefficient (Wildman–Crippen LogP) is 1.02. The molecule has 2 fully saturated rings. The van der Waals surface area contributed by atoms with E-state index in [4.69, 9.17) is 5.73 Å². The van der Waals surface area contributed by atoms with E-state index in [9.17, 15) is 4.79 Å². The van der Waals surface area contributed by atoms with Crippen LogP contribution in [0.3, 0.4) is 0 Å². The molecular weight excluding hydrogens is 278 g/mol. The third-order valence-corrected chi connectivity index (χ3v) is 5.01. The van der Waals surface area contributed by atoms with Crippen molar-refractivity contribution in [2.24, 2.45) is 18.7 Å². The first-order valence-electron chi connectivity index (χ1n) is 8.40. The largest absolute Gasteiger partial charge is 0.367 e. The number of aryl methyl sites for hydroxylation is 1. The van der Waals surface area contributed by atoms with Crippen molar-refractivity contribution in [1.82, 2.24) is 15.1 Å². The second-order valence-electron chi connectivity index (χ2n) is 6.78. The molecule has 2 aliphatic rings. The molecule has 3 rings (SSSR count). The molecule has 6 nitrogen and oxygen atoms in total. The SMILES string of the molecule is Cn1cc(N2CCCC(NC(=O)C[C@@H]3CCC[C@H]3N)C2)cn1. The van der Waals surface area contributed by atoms with Crippen LogP contribution >= 0.6 is 0 Å². The van der Waals surface area contributed by atoms with E-state index >= 15 is 0 Å². The minimum absolute atomic E-state index is 0.167. The maximum Gasteiger partial charge on any atom is 0.220 e. The minimum atomic E-state index is 0.167. The summed E-state index contributed by atoms with van der Waals surface area (Å²) in [4.78, 5) is 14.6. The zero-order valence-electron chi connectivity index (χ0n) is 13.4. The number of carbonyl (C=O) groups excluding carboxylic acids is 1. The van der Waals surface area contributed by atoms with E-state index in [1.165, 1.54) is 0 Å². The van der Waals surface area contributed by atoms with Gasteiger partial charge in [0.05, 0.1) is 11.9 Å². The van der Waals surface area contributed by atoms with Crippen LogP contribution in [0.15, 0.2) is 12.4 Å². The lowest BCUT2D eigenvalue weighted by Crippen LogP contribution is -2.48. The molecule has 2 heterocycles. The van der Waals surface area contributed by atoms with Gasteiger partial charge < -0.3 is 16.0 Å². The molecule has 22 heavy (non-hydrogen) atoms. The number of nitrogens with two attached hydrogens (primary N) is 1. The summed E-state index contributed by atoms with van der Waals surface area (Å²) in [5.41, 5.74) is 7.20. The Bertz CT molecular complexity index is 514. The quantitative estimate of drug-likeness (QED) is 0.871. The highest BCUT2D eigenvalue weighted by molar-refractivity contribution is 5.76. The van der Waals surface area contributed by atoms with Crippen LogP contribution in [0.4, 0.5) is 5.69 Å². The van der Waals surface area contributed by atoms with Crippen LogP contribution in [0.2, 0.25) is 0 Å². The van der Waals surface area contributed by atoms with Crippen LogP contribution in [-0.2, 0) is 11.8 Å². The van der Waals surface area contributed by atoms with E-state index < -0.39 is 0 Å². The number of nitrogens with zero attached hydrogens (tertiary/aromatic N) is 3. The number of piperidine rings is 1. The van der Waals surface area contributed by atoms with Crippen LogP contribution in [-0.4, -0.2) is 40.9 Å². The van der Waals surface area contributed by atoms with Gasteiger partial charge in [-0.15, -0.1) is 0 Å². The number of rotatable bonds is 4. The van der Waals surface area contributed by atoms with Crippen molar-refractivity contribution in [3.63, 3.8) is 0 Å². The topological polar surface area (TPSA) is 76.2 Å². The molecule has 1 saturated carbocycles. The first kappa shape index (κ1) is 15.3. The van der Waals surface area contributed by atoms with Crippen LogP contribution in [0.5, 0.6) is 0 Å². The van der Waals surface area contributed by atoms with Crippen molar-refractivity contribution >= 4 is 11.6 Å². The van der Waals surface area contributed by atoms with E-state index in [-0.39, 0.29) is 18.0 Å². The molecule has 1 saturated heterocycles. The third kappa shape index (κ3) is 3.61. The summed E-state index contributed by atoms with van der Waals surface area (Å²) >= 11 is 0. The van der Waals surface area contributed by atoms with E-state index in [1.807, 2.05) is 24.1 Å². The summed E-state index contributed by atoms with van der Waals surface area (Å²) in [5.74, 6) is 0.540. The van der Waals surface area contributed by atoms with Crippen LogP contribution in [0.25, 0.3) is 0 Å². The lowest BCUT2D eigenvalue weighted by Gasteiger charge is -2.34. The fraction of sp³-hybridized carbons (Fsp3) is 0.750. The van der Waals surface area contributed by atoms with Gasteiger partial charge in [-0.05, 0) is 31.6 Å². The second kappa shape index (κ2) is 6.69. The van der Waals surface area contributed by atoms with Gasteiger partial charge in [0.1, 0.15) is 0 Å². The first-order chi connectivity index (χ1) is 10.6. The van der Waals surface area contributed by atoms with Gasteiger partial charge in [0.25, 0.3) is 0 Å². The van der Waals surface area contributed by atoms with Crippen molar-refractivity contribution in [3.05, 3.63) is 12.4 Å².